The lowest BCUT2D eigenvalue weighted by atomic mass is 10.1. The molecule has 1 fully saturated rings. The van der Waals surface area contributed by atoms with E-state index in [9.17, 15) is 12.8 Å². The number of halogens is 1. The van der Waals surface area contributed by atoms with Crippen molar-refractivity contribution in [2.75, 3.05) is 6.54 Å². The summed E-state index contributed by atoms with van der Waals surface area (Å²) in [5, 5.41) is 0. The lowest BCUT2D eigenvalue weighted by molar-refractivity contribution is 0.396. The van der Waals surface area contributed by atoms with E-state index in [1.807, 2.05) is 32.9 Å². The van der Waals surface area contributed by atoms with E-state index in [2.05, 4.69) is 0 Å². The number of hydrogen-bond acceptors (Lipinski definition) is 2. The molecule has 0 spiro atoms. The lowest BCUT2D eigenvalue weighted by Crippen LogP contribution is -2.31. The molecule has 1 aliphatic heterocycles. The molecule has 2 aromatic rings. The van der Waals surface area contributed by atoms with Crippen molar-refractivity contribution in [3.8, 4) is 0 Å². The number of rotatable bonds is 3. The van der Waals surface area contributed by atoms with Crippen LogP contribution in [0.15, 0.2) is 41.3 Å². The summed E-state index contributed by atoms with van der Waals surface area (Å²) in [6.45, 7) is 6.15. The molecule has 2 aromatic carbocycles. The quantitative estimate of drug-likeness (QED) is 0.831. The van der Waals surface area contributed by atoms with Crippen molar-refractivity contribution in [2.24, 2.45) is 0 Å². The van der Waals surface area contributed by atoms with Crippen LogP contribution in [0.5, 0.6) is 0 Å². The van der Waals surface area contributed by atoms with E-state index < -0.39 is 10.0 Å². The molecule has 1 saturated heterocycles. The number of nitrogens with zero attached hydrogens (tertiary/aromatic N) is 1. The van der Waals surface area contributed by atoms with Crippen LogP contribution in [0.4, 0.5) is 4.39 Å². The molecule has 0 amide bonds. The van der Waals surface area contributed by atoms with E-state index in [4.69, 9.17) is 0 Å². The molecule has 0 N–H and O–H groups in total. The molecule has 1 aliphatic rings. The third-order valence-electron chi connectivity index (χ3n) is 4.63. The predicted molar refractivity (Wildman–Crippen MR) is 92.9 cm³/mol. The Morgan fingerprint density at radius 1 is 1.04 bits per heavy atom. The van der Waals surface area contributed by atoms with Gasteiger partial charge in [-0.05, 0) is 62.4 Å². The molecule has 1 heterocycles. The number of sulfonamides is 1. The van der Waals surface area contributed by atoms with Gasteiger partial charge < -0.3 is 0 Å². The van der Waals surface area contributed by atoms with Gasteiger partial charge in [-0.25, -0.2) is 12.8 Å². The number of hydrogen-bond donors (Lipinski definition) is 0. The van der Waals surface area contributed by atoms with Gasteiger partial charge in [0.15, 0.2) is 0 Å². The van der Waals surface area contributed by atoms with Crippen LogP contribution in [-0.2, 0) is 10.0 Å². The molecule has 24 heavy (non-hydrogen) atoms. The second-order valence-electron chi connectivity index (χ2n) is 6.55. The van der Waals surface area contributed by atoms with Crippen molar-refractivity contribution in [3.63, 3.8) is 0 Å². The largest absolute Gasteiger partial charge is 0.244 e. The van der Waals surface area contributed by atoms with Gasteiger partial charge in [0.25, 0.3) is 0 Å². The normalized spacial score (nSPS) is 18.9. The molecule has 3 rings (SSSR count). The van der Waals surface area contributed by atoms with Crippen molar-refractivity contribution < 1.29 is 12.8 Å². The zero-order valence-corrected chi connectivity index (χ0v) is 15.0. The summed E-state index contributed by atoms with van der Waals surface area (Å²) in [6, 6.07) is 9.73. The summed E-state index contributed by atoms with van der Waals surface area (Å²) in [5.74, 6) is -0.309. The molecule has 0 aliphatic carbocycles. The van der Waals surface area contributed by atoms with Gasteiger partial charge in [0.05, 0.1) is 10.9 Å². The van der Waals surface area contributed by atoms with Gasteiger partial charge in [0.2, 0.25) is 10.0 Å². The van der Waals surface area contributed by atoms with Crippen LogP contribution < -0.4 is 0 Å². The maximum absolute atomic E-state index is 13.3. The second-order valence-corrected chi connectivity index (χ2v) is 8.38. The first-order valence-corrected chi connectivity index (χ1v) is 9.60. The Hall–Kier alpha value is -1.72. The molecule has 0 saturated carbocycles. The van der Waals surface area contributed by atoms with Gasteiger partial charge in [-0.3, -0.25) is 0 Å². The molecule has 1 atom stereocenters. The molecule has 0 bridgehead atoms. The maximum Gasteiger partial charge on any atom is 0.244 e. The van der Waals surface area contributed by atoms with E-state index in [-0.39, 0.29) is 11.9 Å². The average Bonchev–Trinajstić information content (AvgIpc) is 2.96. The highest BCUT2D eigenvalue weighted by Gasteiger charge is 2.37. The highest BCUT2D eigenvalue weighted by atomic mass is 32.2. The molecule has 128 valence electrons. The monoisotopic (exact) mass is 347 g/mol. The minimum absolute atomic E-state index is 0.226. The van der Waals surface area contributed by atoms with Crippen molar-refractivity contribution in [1.82, 2.24) is 4.31 Å². The van der Waals surface area contributed by atoms with Crippen LogP contribution in [0.1, 0.15) is 41.1 Å². The fourth-order valence-electron chi connectivity index (χ4n) is 3.74. The van der Waals surface area contributed by atoms with Crippen LogP contribution >= 0.6 is 0 Å². The summed E-state index contributed by atoms with van der Waals surface area (Å²) >= 11 is 0. The van der Waals surface area contributed by atoms with E-state index in [1.165, 1.54) is 12.1 Å². The summed E-state index contributed by atoms with van der Waals surface area (Å²) in [4.78, 5) is 0.405. The van der Waals surface area contributed by atoms with Gasteiger partial charge in [-0.1, -0.05) is 29.8 Å². The first-order valence-electron chi connectivity index (χ1n) is 8.16. The Labute approximate surface area is 143 Å². The SMILES string of the molecule is Cc1cc(C)c(S(=O)(=O)N2CCC[C@H]2c2ccc(F)cc2)c(C)c1. The first-order chi connectivity index (χ1) is 11.3. The second kappa shape index (κ2) is 6.30. The summed E-state index contributed by atoms with van der Waals surface area (Å²) in [5.41, 5.74) is 3.45. The van der Waals surface area contributed by atoms with Crippen molar-refractivity contribution in [3.05, 3.63) is 64.5 Å². The van der Waals surface area contributed by atoms with E-state index >= 15 is 0 Å². The van der Waals surface area contributed by atoms with Crippen LogP contribution in [0.3, 0.4) is 0 Å². The molecule has 0 aromatic heterocycles. The lowest BCUT2D eigenvalue weighted by Gasteiger charge is -2.26. The third-order valence-corrected chi connectivity index (χ3v) is 6.84. The van der Waals surface area contributed by atoms with Gasteiger partial charge >= 0.3 is 0 Å². The Morgan fingerprint density at radius 3 is 2.21 bits per heavy atom. The smallest absolute Gasteiger partial charge is 0.207 e. The fraction of sp³-hybridized carbons (Fsp3) is 0.368. The third kappa shape index (κ3) is 2.98. The fourth-order valence-corrected chi connectivity index (χ4v) is 5.83. The Bertz CT molecular complexity index is 836. The minimum Gasteiger partial charge on any atom is -0.207 e. The average molecular weight is 347 g/mol. The van der Waals surface area contributed by atoms with Crippen LogP contribution in [-0.4, -0.2) is 19.3 Å². The summed E-state index contributed by atoms with van der Waals surface area (Å²) in [7, 11) is -3.58. The topological polar surface area (TPSA) is 37.4 Å². The molecular weight excluding hydrogens is 325 g/mol. The maximum atomic E-state index is 13.3. The van der Waals surface area contributed by atoms with Crippen molar-refractivity contribution >= 4 is 10.0 Å². The van der Waals surface area contributed by atoms with Gasteiger partial charge in [0, 0.05) is 6.54 Å². The summed E-state index contributed by atoms with van der Waals surface area (Å²) < 4.78 is 41.3. The van der Waals surface area contributed by atoms with Crippen LogP contribution in [0, 0.1) is 26.6 Å². The Kier molecular flexibility index (Phi) is 4.49. The zero-order chi connectivity index (χ0) is 17.5. The van der Waals surface area contributed by atoms with Gasteiger partial charge in [-0.15, -0.1) is 0 Å². The standard InChI is InChI=1S/C19H22FNO2S/c1-13-11-14(2)19(15(3)12-13)24(22,23)21-10-4-5-18(21)16-6-8-17(20)9-7-16/h6-9,11-12,18H,4-5,10H2,1-3H3/t18-/m0/s1. The van der Waals surface area contributed by atoms with Crippen molar-refractivity contribution in [1.29, 1.82) is 0 Å². The molecule has 5 heteroatoms. The predicted octanol–water partition coefficient (Wildman–Crippen LogP) is 4.28. The molecule has 3 nitrogen and oxygen atoms in total. The Balaban J connectivity index is 2.04. The number of aryl methyl sites for hydroxylation is 3. The van der Waals surface area contributed by atoms with E-state index in [0.29, 0.717) is 11.4 Å². The highest BCUT2D eigenvalue weighted by molar-refractivity contribution is 7.89. The minimum atomic E-state index is -3.58. The van der Waals surface area contributed by atoms with Crippen LogP contribution in [0.25, 0.3) is 0 Å². The highest BCUT2D eigenvalue weighted by Crippen LogP contribution is 2.38. The van der Waals surface area contributed by atoms with E-state index in [1.54, 1.807) is 16.4 Å². The van der Waals surface area contributed by atoms with Gasteiger partial charge in [-0.2, -0.15) is 4.31 Å². The van der Waals surface area contributed by atoms with E-state index in [0.717, 1.165) is 35.1 Å². The molecule has 0 radical (unpaired) electrons. The molecule has 0 unspecified atom stereocenters. The van der Waals surface area contributed by atoms with Crippen LogP contribution in [0.2, 0.25) is 0 Å². The zero-order valence-electron chi connectivity index (χ0n) is 14.2. The first kappa shape index (κ1) is 17.1. The summed E-state index contributed by atoms with van der Waals surface area (Å²) in [6.07, 6.45) is 1.57. The van der Waals surface area contributed by atoms with Crippen molar-refractivity contribution in [2.45, 2.75) is 44.6 Å². The number of benzene rings is 2. The molecular formula is C19H22FNO2S. The Morgan fingerprint density at radius 2 is 1.62 bits per heavy atom. The van der Waals surface area contributed by atoms with Gasteiger partial charge in [0.1, 0.15) is 5.82 Å².